The summed E-state index contributed by atoms with van der Waals surface area (Å²) in [6, 6.07) is 6.16. The highest BCUT2D eigenvalue weighted by Gasteiger charge is 2.20. The summed E-state index contributed by atoms with van der Waals surface area (Å²) in [7, 11) is 1.55. The van der Waals surface area contributed by atoms with Gasteiger partial charge in [-0.15, -0.1) is 0 Å². The molecule has 0 bridgehead atoms. The number of halogens is 1. The number of rotatable bonds is 8. The normalized spacial score (nSPS) is 16.4. The highest BCUT2D eigenvalue weighted by atomic mass is 35.5. The highest BCUT2D eigenvalue weighted by Crippen LogP contribution is 2.25. The van der Waals surface area contributed by atoms with Gasteiger partial charge in [-0.1, -0.05) is 11.6 Å². The molecule has 1 aliphatic carbocycles. The lowest BCUT2D eigenvalue weighted by Gasteiger charge is -2.15. The van der Waals surface area contributed by atoms with E-state index in [2.05, 4.69) is 5.32 Å². The Morgan fingerprint density at radius 3 is 2.89 bits per heavy atom. The van der Waals surface area contributed by atoms with E-state index >= 15 is 0 Å². The van der Waals surface area contributed by atoms with Gasteiger partial charge in [-0.2, -0.15) is 0 Å². The van der Waals surface area contributed by atoms with Crippen molar-refractivity contribution >= 4 is 11.6 Å². The van der Waals surface area contributed by atoms with Gasteiger partial charge in [0.05, 0.1) is 6.61 Å². The van der Waals surface area contributed by atoms with Crippen molar-refractivity contribution in [1.29, 1.82) is 0 Å². The smallest absolute Gasteiger partial charge is 0.124 e. The molecule has 0 amide bonds. The summed E-state index contributed by atoms with van der Waals surface area (Å²) in [5.74, 6) is 0.757. The summed E-state index contributed by atoms with van der Waals surface area (Å²) in [6.07, 6.45) is 1.86. The van der Waals surface area contributed by atoms with Crippen molar-refractivity contribution in [3.63, 3.8) is 0 Å². The first-order valence-corrected chi connectivity index (χ1v) is 6.88. The van der Waals surface area contributed by atoms with Crippen molar-refractivity contribution in [2.75, 3.05) is 20.3 Å². The van der Waals surface area contributed by atoms with E-state index in [1.165, 1.54) is 12.8 Å². The van der Waals surface area contributed by atoms with Crippen LogP contribution in [0, 0.1) is 0 Å². The second-order valence-corrected chi connectivity index (χ2v) is 5.26. The molecule has 2 rings (SSSR count). The molecule has 1 aliphatic rings. The Kier molecular flexibility index (Phi) is 5.45. The molecule has 1 fully saturated rings. The van der Waals surface area contributed by atoms with Crippen LogP contribution in [0.1, 0.15) is 18.4 Å². The monoisotopic (exact) mass is 285 g/mol. The first-order chi connectivity index (χ1) is 9.19. The van der Waals surface area contributed by atoms with Crippen LogP contribution in [0.2, 0.25) is 5.02 Å². The Hall–Kier alpha value is -0.810. The van der Waals surface area contributed by atoms with Gasteiger partial charge in [0.15, 0.2) is 0 Å². The highest BCUT2D eigenvalue weighted by molar-refractivity contribution is 6.30. The maximum atomic E-state index is 9.59. The van der Waals surface area contributed by atoms with Crippen LogP contribution in [0.25, 0.3) is 0 Å². The summed E-state index contributed by atoms with van der Waals surface area (Å²) < 4.78 is 10.5. The Morgan fingerprint density at radius 1 is 1.42 bits per heavy atom. The number of hydrogen-bond acceptors (Lipinski definition) is 4. The first kappa shape index (κ1) is 14.6. The maximum Gasteiger partial charge on any atom is 0.124 e. The topological polar surface area (TPSA) is 50.7 Å². The predicted octanol–water partition coefficient (Wildman–Crippen LogP) is 1.98. The molecule has 1 saturated carbocycles. The Labute approximate surface area is 118 Å². The zero-order valence-corrected chi connectivity index (χ0v) is 11.8. The van der Waals surface area contributed by atoms with E-state index in [1.54, 1.807) is 13.2 Å². The lowest BCUT2D eigenvalue weighted by atomic mass is 10.2. The number of hydrogen-bond donors (Lipinski definition) is 2. The van der Waals surface area contributed by atoms with Gasteiger partial charge in [0.1, 0.15) is 18.5 Å². The van der Waals surface area contributed by atoms with Crippen LogP contribution < -0.4 is 10.1 Å². The van der Waals surface area contributed by atoms with Crippen molar-refractivity contribution in [2.45, 2.75) is 31.5 Å². The molecule has 1 unspecified atom stereocenters. The predicted molar refractivity (Wildman–Crippen MR) is 74.7 cm³/mol. The molecule has 106 valence electrons. The number of nitrogens with one attached hydrogen (secondary N) is 1. The van der Waals surface area contributed by atoms with Crippen LogP contribution in [-0.4, -0.2) is 37.6 Å². The summed E-state index contributed by atoms with van der Waals surface area (Å²) >= 11 is 6.01. The molecular weight excluding hydrogens is 266 g/mol. The van der Waals surface area contributed by atoms with Crippen LogP contribution in [0.3, 0.4) is 0 Å². The third-order valence-electron chi connectivity index (χ3n) is 2.97. The fourth-order valence-electron chi connectivity index (χ4n) is 1.80. The number of aliphatic hydroxyl groups excluding tert-OH is 1. The van der Waals surface area contributed by atoms with E-state index in [-0.39, 0.29) is 13.2 Å². The van der Waals surface area contributed by atoms with E-state index in [4.69, 9.17) is 21.1 Å². The fraction of sp³-hybridized carbons (Fsp3) is 0.571. The number of aliphatic hydroxyl groups is 1. The second kappa shape index (κ2) is 7.10. The van der Waals surface area contributed by atoms with Crippen LogP contribution in [-0.2, 0) is 11.3 Å². The summed E-state index contributed by atoms with van der Waals surface area (Å²) in [6.45, 7) is 1.22. The molecule has 0 aromatic heterocycles. The SMILES string of the molecule is COCC(O)COc1ccc(Cl)cc1CNC1CC1. The number of methoxy groups -OCH3 is 1. The average molecular weight is 286 g/mol. The molecule has 0 saturated heterocycles. The Morgan fingerprint density at radius 2 is 2.21 bits per heavy atom. The third kappa shape index (κ3) is 4.99. The van der Waals surface area contributed by atoms with Crippen LogP contribution in [0.4, 0.5) is 0 Å². The molecule has 19 heavy (non-hydrogen) atoms. The Bertz CT molecular complexity index is 410. The molecule has 4 nitrogen and oxygen atoms in total. The van der Waals surface area contributed by atoms with E-state index in [1.807, 2.05) is 12.1 Å². The molecule has 0 radical (unpaired) electrons. The van der Waals surface area contributed by atoms with Gasteiger partial charge in [-0.25, -0.2) is 0 Å². The molecule has 0 heterocycles. The van der Waals surface area contributed by atoms with Gasteiger partial charge in [0.2, 0.25) is 0 Å². The largest absolute Gasteiger partial charge is 0.490 e. The standard InChI is InChI=1S/C14H20ClNO3/c1-18-8-13(17)9-19-14-5-2-11(15)6-10(14)7-16-12-3-4-12/h2,5-6,12-13,16-17H,3-4,7-9H2,1H3. The van der Waals surface area contributed by atoms with E-state index in [0.29, 0.717) is 11.1 Å². The zero-order valence-electron chi connectivity index (χ0n) is 11.1. The number of benzene rings is 1. The quantitative estimate of drug-likeness (QED) is 0.767. The van der Waals surface area contributed by atoms with Crippen LogP contribution in [0.5, 0.6) is 5.75 Å². The van der Waals surface area contributed by atoms with Crippen LogP contribution in [0.15, 0.2) is 18.2 Å². The number of ether oxygens (including phenoxy) is 2. The molecule has 0 aliphatic heterocycles. The van der Waals surface area contributed by atoms with E-state index in [9.17, 15) is 5.11 Å². The molecular formula is C14H20ClNO3. The maximum absolute atomic E-state index is 9.59. The van der Waals surface area contributed by atoms with Crippen molar-refractivity contribution in [2.24, 2.45) is 0 Å². The lowest BCUT2D eigenvalue weighted by molar-refractivity contribution is 0.0323. The Balaban J connectivity index is 1.92. The average Bonchev–Trinajstić information content (AvgIpc) is 3.19. The minimum absolute atomic E-state index is 0.214. The van der Waals surface area contributed by atoms with Crippen molar-refractivity contribution in [1.82, 2.24) is 5.32 Å². The minimum atomic E-state index is -0.620. The summed E-state index contributed by atoms with van der Waals surface area (Å²) in [5, 5.41) is 13.7. The molecule has 1 aromatic rings. The minimum Gasteiger partial charge on any atom is -0.490 e. The van der Waals surface area contributed by atoms with Gasteiger partial charge in [-0.05, 0) is 31.0 Å². The molecule has 5 heteroatoms. The second-order valence-electron chi connectivity index (χ2n) is 4.83. The molecule has 2 N–H and O–H groups in total. The lowest BCUT2D eigenvalue weighted by Crippen LogP contribution is -2.23. The zero-order chi connectivity index (χ0) is 13.7. The molecule has 0 spiro atoms. The van der Waals surface area contributed by atoms with Crippen LogP contribution >= 0.6 is 11.6 Å². The summed E-state index contributed by atoms with van der Waals surface area (Å²) in [4.78, 5) is 0. The van der Waals surface area contributed by atoms with Gasteiger partial charge in [0.25, 0.3) is 0 Å². The van der Waals surface area contributed by atoms with Gasteiger partial charge < -0.3 is 19.9 Å². The third-order valence-corrected chi connectivity index (χ3v) is 3.21. The molecule has 1 atom stereocenters. The van der Waals surface area contributed by atoms with E-state index in [0.717, 1.165) is 17.9 Å². The van der Waals surface area contributed by atoms with Crippen molar-refractivity contribution in [3.8, 4) is 5.75 Å². The molecule has 1 aromatic carbocycles. The van der Waals surface area contributed by atoms with Gasteiger partial charge >= 0.3 is 0 Å². The van der Waals surface area contributed by atoms with E-state index < -0.39 is 6.10 Å². The van der Waals surface area contributed by atoms with Crippen molar-refractivity contribution in [3.05, 3.63) is 28.8 Å². The first-order valence-electron chi connectivity index (χ1n) is 6.50. The van der Waals surface area contributed by atoms with Gasteiger partial charge in [-0.3, -0.25) is 0 Å². The fourth-order valence-corrected chi connectivity index (χ4v) is 1.99. The summed E-state index contributed by atoms with van der Waals surface area (Å²) in [5.41, 5.74) is 1.02. The van der Waals surface area contributed by atoms with Gasteiger partial charge in [0, 0.05) is 30.3 Å². The van der Waals surface area contributed by atoms with Crippen molar-refractivity contribution < 1.29 is 14.6 Å².